The van der Waals surface area contributed by atoms with Crippen LogP contribution in [0.4, 0.5) is 0 Å². The lowest BCUT2D eigenvalue weighted by atomic mass is 9.99. The number of para-hydroxylation sites is 1. The Balaban J connectivity index is 1.23. The van der Waals surface area contributed by atoms with Crippen molar-refractivity contribution in [1.29, 1.82) is 0 Å². The predicted octanol–water partition coefficient (Wildman–Crippen LogP) is 13.5. The number of rotatable bonds is 5. The van der Waals surface area contributed by atoms with E-state index in [1.54, 1.807) is 0 Å². The molecule has 11 aromatic rings. The summed E-state index contributed by atoms with van der Waals surface area (Å²) in [6.07, 6.45) is 8.24. The maximum Gasteiger partial charge on any atom is 0.0979 e. The van der Waals surface area contributed by atoms with Crippen LogP contribution in [-0.2, 0) is 0 Å². The molecule has 0 saturated heterocycles. The Morgan fingerprint density at radius 1 is 0.545 bits per heavy atom. The van der Waals surface area contributed by atoms with Gasteiger partial charge in [-0.25, -0.2) is 4.98 Å². The van der Waals surface area contributed by atoms with Gasteiger partial charge in [-0.2, -0.15) is 0 Å². The molecule has 3 aromatic heterocycles. The number of allylic oxidation sites excluding steroid dienone is 1. The van der Waals surface area contributed by atoms with Gasteiger partial charge in [-0.15, -0.1) is 0 Å². The van der Waals surface area contributed by atoms with E-state index in [-0.39, 0.29) is 0 Å². The normalized spacial score (nSPS) is 12.1. The van der Waals surface area contributed by atoms with Crippen LogP contribution in [0.25, 0.3) is 111 Å². The third-order valence-corrected chi connectivity index (χ3v) is 11.2. The van der Waals surface area contributed by atoms with Crippen LogP contribution < -0.4 is 0 Å². The summed E-state index contributed by atoms with van der Waals surface area (Å²) < 4.78 is 4.85. The van der Waals surface area contributed by atoms with E-state index in [1.165, 1.54) is 43.2 Å². The van der Waals surface area contributed by atoms with Crippen LogP contribution in [0.2, 0.25) is 0 Å². The van der Waals surface area contributed by atoms with Crippen molar-refractivity contribution in [1.82, 2.24) is 19.1 Å². The number of hydrogen-bond acceptors (Lipinski definition) is 2. The Hall–Kier alpha value is -7.30. The second-order valence-corrected chi connectivity index (χ2v) is 14.1. The van der Waals surface area contributed by atoms with Crippen LogP contribution in [0.1, 0.15) is 18.2 Å². The summed E-state index contributed by atoms with van der Waals surface area (Å²) in [6.45, 7) is 6.46. The molecular weight excluding hydrogens is 669 g/mol. The van der Waals surface area contributed by atoms with Crippen molar-refractivity contribution in [2.45, 2.75) is 6.92 Å². The zero-order valence-electron chi connectivity index (χ0n) is 30.2. The van der Waals surface area contributed by atoms with E-state index in [0.29, 0.717) is 0 Å². The van der Waals surface area contributed by atoms with Crippen LogP contribution >= 0.6 is 0 Å². The Bertz CT molecular complexity index is 3370. The highest BCUT2D eigenvalue weighted by Crippen LogP contribution is 2.43. The molecule has 11 rings (SSSR count). The van der Waals surface area contributed by atoms with Gasteiger partial charge in [0.1, 0.15) is 0 Å². The molecule has 0 radical (unpaired) electrons. The first kappa shape index (κ1) is 31.2. The van der Waals surface area contributed by atoms with Gasteiger partial charge < -0.3 is 9.13 Å². The molecule has 55 heavy (non-hydrogen) atoms. The summed E-state index contributed by atoms with van der Waals surface area (Å²) in [7, 11) is 0. The van der Waals surface area contributed by atoms with E-state index in [1.807, 2.05) is 12.3 Å². The van der Waals surface area contributed by atoms with Gasteiger partial charge in [0.15, 0.2) is 0 Å². The molecule has 0 N–H and O–H groups in total. The molecule has 3 heterocycles. The largest absolute Gasteiger partial charge is 0.307 e. The van der Waals surface area contributed by atoms with Crippen LogP contribution in [-0.4, -0.2) is 19.1 Å². The molecule has 0 spiro atoms. The lowest BCUT2D eigenvalue weighted by Crippen LogP contribution is -2.01. The van der Waals surface area contributed by atoms with Gasteiger partial charge in [0.25, 0.3) is 0 Å². The minimum atomic E-state index is 0.829. The molecule has 0 atom stereocenters. The third-order valence-electron chi connectivity index (χ3n) is 11.2. The van der Waals surface area contributed by atoms with E-state index >= 15 is 0 Å². The molecule has 258 valence electrons. The number of hydrogen-bond donors (Lipinski definition) is 0. The Labute approximate surface area is 317 Å². The second kappa shape index (κ2) is 12.1. The highest BCUT2D eigenvalue weighted by atomic mass is 15.1. The zero-order chi connectivity index (χ0) is 36.6. The van der Waals surface area contributed by atoms with Gasteiger partial charge in [0, 0.05) is 49.1 Å². The predicted molar refractivity (Wildman–Crippen MR) is 233 cm³/mol. The average Bonchev–Trinajstić information content (AvgIpc) is 3.76. The van der Waals surface area contributed by atoms with Crippen LogP contribution in [0.5, 0.6) is 0 Å². The quantitative estimate of drug-likeness (QED) is 0.167. The minimum absolute atomic E-state index is 0.829. The van der Waals surface area contributed by atoms with E-state index in [0.717, 1.165) is 66.7 Å². The number of aromatic nitrogens is 4. The van der Waals surface area contributed by atoms with Crippen LogP contribution in [0, 0.1) is 0 Å². The SMILES string of the molecule is C=Cc1c(/C=C\C)c2ccc3c4ccccc4n(-c4cccc5ccccc45)c3c2n1-c1cccc(-c2cnc3c4ccccc4c4ccccc4c3n2)c1. The van der Waals surface area contributed by atoms with Crippen molar-refractivity contribution < 1.29 is 0 Å². The molecule has 0 unspecified atom stereocenters. The second-order valence-electron chi connectivity index (χ2n) is 14.1. The zero-order valence-corrected chi connectivity index (χ0v) is 30.2. The first-order chi connectivity index (χ1) is 27.2. The van der Waals surface area contributed by atoms with Crippen molar-refractivity contribution in [3.8, 4) is 22.6 Å². The van der Waals surface area contributed by atoms with Gasteiger partial charge in [-0.05, 0) is 53.4 Å². The topological polar surface area (TPSA) is 35.6 Å². The van der Waals surface area contributed by atoms with Crippen molar-refractivity contribution in [3.63, 3.8) is 0 Å². The van der Waals surface area contributed by atoms with Gasteiger partial charge in [0.2, 0.25) is 0 Å². The fraction of sp³-hybridized carbons (Fsp3) is 0.0196. The molecule has 0 aliphatic heterocycles. The third kappa shape index (κ3) is 4.52. The maximum atomic E-state index is 5.35. The number of fused-ring (bicyclic) bond motifs is 12. The summed E-state index contributed by atoms with van der Waals surface area (Å²) in [6, 6.07) is 54.3. The van der Waals surface area contributed by atoms with E-state index in [9.17, 15) is 0 Å². The first-order valence-electron chi connectivity index (χ1n) is 18.7. The van der Waals surface area contributed by atoms with Crippen LogP contribution in [0.15, 0.2) is 171 Å². The summed E-state index contributed by atoms with van der Waals surface area (Å²) in [5, 5.41) is 10.6. The summed E-state index contributed by atoms with van der Waals surface area (Å²) in [5.41, 5.74) is 11.5. The monoisotopic (exact) mass is 702 g/mol. The molecular formula is C51H34N4. The standard InChI is InChI=1S/C51H34N4/c1-3-15-38-42-28-29-43-39-23-11-12-26-47(39)55(46-27-14-17-32-16-5-6-20-35(32)46)51(43)50(42)54(45(38)4-2)34-19-13-18-33(30-34)44-31-52-48-40-24-9-7-21-36(40)37-22-8-10-25-41(37)49(48)53-44/h3-31H,2H2,1H3/b15-3-. The molecule has 0 aliphatic rings. The van der Waals surface area contributed by atoms with Gasteiger partial charge in [0.05, 0.1) is 50.9 Å². The smallest absolute Gasteiger partial charge is 0.0979 e. The van der Waals surface area contributed by atoms with Gasteiger partial charge in [-0.3, -0.25) is 4.98 Å². The average molecular weight is 703 g/mol. The summed E-state index contributed by atoms with van der Waals surface area (Å²) in [4.78, 5) is 10.4. The summed E-state index contributed by atoms with van der Waals surface area (Å²) in [5.74, 6) is 0. The Kier molecular flexibility index (Phi) is 6.89. The molecule has 0 fully saturated rings. The van der Waals surface area contributed by atoms with Crippen molar-refractivity contribution in [2.24, 2.45) is 0 Å². The molecule has 8 aromatic carbocycles. The number of nitrogens with zero attached hydrogens (tertiary/aromatic N) is 4. The lowest BCUT2D eigenvalue weighted by Gasteiger charge is -2.15. The fourth-order valence-corrected chi connectivity index (χ4v) is 8.89. The first-order valence-corrected chi connectivity index (χ1v) is 18.7. The van der Waals surface area contributed by atoms with Crippen molar-refractivity contribution >= 4 is 88.2 Å². The molecule has 4 heteroatoms. The highest BCUT2D eigenvalue weighted by molar-refractivity contribution is 6.23. The van der Waals surface area contributed by atoms with E-state index < -0.39 is 0 Å². The van der Waals surface area contributed by atoms with Gasteiger partial charge in [-0.1, -0.05) is 146 Å². The Morgan fingerprint density at radius 2 is 1.18 bits per heavy atom. The number of benzene rings is 8. The lowest BCUT2D eigenvalue weighted by molar-refractivity contribution is 1.10. The molecule has 0 saturated carbocycles. The maximum absolute atomic E-state index is 5.35. The van der Waals surface area contributed by atoms with Gasteiger partial charge >= 0.3 is 0 Å². The molecule has 0 aliphatic carbocycles. The molecule has 4 nitrogen and oxygen atoms in total. The van der Waals surface area contributed by atoms with Crippen molar-refractivity contribution in [3.05, 3.63) is 182 Å². The Morgan fingerprint density at radius 3 is 1.96 bits per heavy atom. The fourth-order valence-electron chi connectivity index (χ4n) is 8.89. The summed E-state index contributed by atoms with van der Waals surface area (Å²) >= 11 is 0. The van der Waals surface area contributed by atoms with Crippen molar-refractivity contribution in [2.75, 3.05) is 0 Å². The minimum Gasteiger partial charge on any atom is -0.307 e. The van der Waals surface area contributed by atoms with E-state index in [2.05, 4.69) is 186 Å². The highest BCUT2D eigenvalue weighted by Gasteiger charge is 2.23. The van der Waals surface area contributed by atoms with Crippen LogP contribution in [0.3, 0.4) is 0 Å². The van der Waals surface area contributed by atoms with E-state index in [4.69, 9.17) is 9.97 Å². The molecule has 0 amide bonds. The molecule has 0 bridgehead atoms.